The van der Waals surface area contributed by atoms with Gasteiger partial charge in [0.15, 0.2) is 11.5 Å². The molecule has 1 fully saturated rings. The predicted octanol–water partition coefficient (Wildman–Crippen LogP) is 3.88. The summed E-state index contributed by atoms with van der Waals surface area (Å²) in [6.45, 7) is 2.90. The van der Waals surface area contributed by atoms with E-state index in [9.17, 15) is 13.2 Å². The first-order chi connectivity index (χ1) is 17.9. The number of aromatic nitrogens is 1. The standard InChI is InChI=1S/C28H33N3O5S/c1-21-9-12-24(13-10-21)37(33,34)31(25-8-4-6-17-30-28(25)32)20-22-11-14-26(27(19-22)35-2)36-18-15-23-7-3-5-16-29-23/h3,5,7,9-14,16,19,25H,4,6,8,15,17-18,20H2,1-2H3,(H,30,32). The fourth-order valence-corrected chi connectivity index (χ4v) is 5.93. The highest BCUT2D eigenvalue weighted by Crippen LogP contribution is 2.31. The molecule has 3 aromatic rings. The summed E-state index contributed by atoms with van der Waals surface area (Å²) in [6.07, 6.45) is 4.43. The minimum Gasteiger partial charge on any atom is -0.493 e. The molecule has 37 heavy (non-hydrogen) atoms. The minimum absolute atomic E-state index is 0.0267. The molecule has 196 valence electrons. The van der Waals surface area contributed by atoms with Crippen LogP contribution in [0.25, 0.3) is 0 Å². The Morgan fingerprint density at radius 3 is 2.59 bits per heavy atom. The largest absolute Gasteiger partial charge is 0.493 e. The van der Waals surface area contributed by atoms with Crippen LogP contribution in [-0.4, -0.2) is 49.9 Å². The Kier molecular flexibility index (Phi) is 8.78. The second-order valence-corrected chi connectivity index (χ2v) is 11.0. The molecule has 9 heteroatoms. The lowest BCUT2D eigenvalue weighted by Crippen LogP contribution is -2.48. The van der Waals surface area contributed by atoms with Gasteiger partial charge in [0.2, 0.25) is 15.9 Å². The van der Waals surface area contributed by atoms with E-state index in [0.717, 1.165) is 24.1 Å². The summed E-state index contributed by atoms with van der Waals surface area (Å²) in [5.74, 6) is 0.786. The van der Waals surface area contributed by atoms with Gasteiger partial charge in [-0.15, -0.1) is 0 Å². The molecule has 1 atom stereocenters. The van der Waals surface area contributed by atoms with Gasteiger partial charge in [0.25, 0.3) is 0 Å². The van der Waals surface area contributed by atoms with Crippen LogP contribution >= 0.6 is 0 Å². The maximum absolute atomic E-state index is 13.8. The van der Waals surface area contributed by atoms with Gasteiger partial charge in [-0.05, 0) is 68.1 Å². The Balaban J connectivity index is 1.58. The van der Waals surface area contributed by atoms with Crippen LogP contribution in [0.15, 0.2) is 71.8 Å². The van der Waals surface area contributed by atoms with Crippen LogP contribution in [0.2, 0.25) is 0 Å². The van der Waals surface area contributed by atoms with E-state index in [-0.39, 0.29) is 17.3 Å². The van der Waals surface area contributed by atoms with Crippen molar-refractivity contribution in [2.24, 2.45) is 0 Å². The number of nitrogens with one attached hydrogen (secondary N) is 1. The fraction of sp³-hybridized carbons (Fsp3) is 0.357. The average molecular weight is 524 g/mol. The number of aryl methyl sites for hydroxylation is 1. The van der Waals surface area contributed by atoms with Gasteiger partial charge in [-0.1, -0.05) is 29.8 Å². The van der Waals surface area contributed by atoms with E-state index in [1.165, 1.54) is 4.31 Å². The van der Waals surface area contributed by atoms with Gasteiger partial charge in [0, 0.05) is 31.4 Å². The molecule has 2 aromatic carbocycles. The molecule has 2 heterocycles. The Morgan fingerprint density at radius 2 is 1.86 bits per heavy atom. The first-order valence-electron chi connectivity index (χ1n) is 12.4. The van der Waals surface area contributed by atoms with Crippen molar-refractivity contribution < 1.29 is 22.7 Å². The van der Waals surface area contributed by atoms with E-state index >= 15 is 0 Å². The monoisotopic (exact) mass is 523 g/mol. The first-order valence-corrected chi connectivity index (χ1v) is 13.9. The average Bonchev–Trinajstić information content (AvgIpc) is 3.12. The topological polar surface area (TPSA) is 97.8 Å². The number of carbonyl (C=O) groups excluding carboxylic acids is 1. The highest BCUT2D eigenvalue weighted by molar-refractivity contribution is 7.89. The number of pyridine rings is 1. The zero-order chi connectivity index (χ0) is 26.3. The number of hydrogen-bond acceptors (Lipinski definition) is 6. The first kappa shape index (κ1) is 26.6. The normalized spacial score (nSPS) is 16.2. The molecular weight excluding hydrogens is 490 g/mol. The lowest BCUT2D eigenvalue weighted by atomic mass is 10.1. The molecule has 0 bridgehead atoms. The molecule has 1 aliphatic rings. The van der Waals surface area contributed by atoms with Crippen LogP contribution in [0.1, 0.15) is 36.1 Å². The van der Waals surface area contributed by atoms with Crippen LogP contribution in [0.4, 0.5) is 0 Å². The Morgan fingerprint density at radius 1 is 1.05 bits per heavy atom. The van der Waals surface area contributed by atoms with Crippen molar-refractivity contribution in [3.05, 3.63) is 83.7 Å². The summed E-state index contributed by atoms with van der Waals surface area (Å²) >= 11 is 0. The lowest BCUT2D eigenvalue weighted by Gasteiger charge is -2.29. The van der Waals surface area contributed by atoms with Gasteiger partial charge in [0.05, 0.1) is 18.6 Å². The van der Waals surface area contributed by atoms with Crippen molar-refractivity contribution >= 4 is 15.9 Å². The molecule has 1 amide bonds. The molecule has 1 aliphatic heterocycles. The molecule has 0 saturated carbocycles. The molecule has 0 spiro atoms. The summed E-state index contributed by atoms with van der Waals surface area (Å²) in [5, 5.41) is 2.87. The van der Waals surface area contributed by atoms with E-state index in [1.54, 1.807) is 49.7 Å². The fourth-order valence-electron chi connectivity index (χ4n) is 4.33. The third-order valence-corrected chi connectivity index (χ3v) is 8.26. The molecule has 8 nitrogen and oxygen atoms in total. The van der Waals surface area contributed by atoms with E-state index in [0.29, 0.717) is 43.1 Å². The number of sulfonamides is 1. The second-order valence-electron chi connectivity index (χ2n) is 9.07. The Hall–Kier alpha value is -3.43. The predicted molar refractivity (Wildman–Crippen MR) is 141 cm³/mol. The molecule has 1 N–H and O–H groups in total. The van der Waals surface area contributed by atoms with E-state index < -0.39 is 16.1 Å². The van der Waals surface area contributed by atoms with Crippen molar-refractivity contribution in [1.82, 2.24) is 14.6 Å². The van der Waals surface area contributed by atoms with Crippen LogP contribution in [0.3, 0.4) is 0 Å². The molecule has 0 radical (unpaired) electrons. The number of methoxy groups -OCH3 is 1. The van der Waals surface area contributed by atoms with Crippen LogP contribution in [0, 0.1) is 6.92 Å². The molecule has 1 saturated heterocycles. The summed E-state index contributed by atoms with van der Waals surface area (Å²) in [6, 6.07) is 17.0. The maximum Gasteiger partial charge on any atom is 0.244 e. The minimum atomic E-state index is -3.95. The van der Waals surface area contributed by atoms with Crippen LogP contribution in [0.5, 0.6) is 11.5 Å². The molecule has 0 aliphatic carbocycles. The number of benzene rings is 2. The van der Waals surface area contributed by atoms with Crippen molar-refractivity contribution in [3.63, 3.8) is 0 Å². The third kappa shape index (κ3) is 6.67. The van der Waals surface area contributed by atoms with E-state index in [2.05, 4.69) is 10.3 Å². The van der Waals surface area contributed by atoms with Gasteiger partial charge >= 0.3 is 0 Å². The number of ether oxygens (including phenoxy) is 2. The van der Waals surface area contributed by atoms with Gasteiger partial charge in [-0.2, -0.15) is 4.31 Å². The third-order valence-electron chi connectivity index (χ3n) is 6.39. The van der Waals surface area contributed by atoms with E-state index in [1.807, 2.05) is 31.2 Å². The molecule has 1 unspecified atom stereocenters. The number of hydrogen-bond donors (Lipinski definition) is 1. The molecule has 1 aromatic heterocycles. The number of nitrogens with zero attached hydrogens (tertiary/aromatic N) is 2. The number of carbonyl (C=O) groups is 1. The molecular formula is C28H33N3O5S. The maximum atomic E-state index is 13.8. The van der Waals surface area contributed by atoms with Crippen LogP contribution in [-0.2, 0) is 27.8 Å². The van der Waals surface area contributed by atoms with Crippen molar-refractivity contribution in [1.29, 1.82) is 0 Å². The Labute approximate surface area is 218 Å². The highest BCUT2D eigenvalue weighted by atomic mass is 32.2. The van der Waals surface area contributed by atoms with E-state index in [4.69, 9.17) is 9.47 Å². The number of rotatable bonds is 10. The zero-order valence-electron chi connectivity index (χ0n) is 21.2. The smallest absolute Gasteiger partial charge is 0.244 e. The zero-order valence-corrected chi connectivity index (χ0v) is 22.0. The summed E-state index contributed by atoms with van der Waals surface area (Å²) in [7, 11) is -2.40. The van der Waals surface area contributed by atoms with Gasteiger partial charge in [-0.3, -0.25) is 9.78 Å². The Bertz CT molecular complexity index is 1300. The SMILES string of the molecule is COc1cc(CN(C2CCCCNC2=O)S(=O)(=O)c2ccc(C)cc2)ccc1OCCc1ccccn1. The highest BCUT2D eigenvalue weighted by Gasteiger charge is 2.36. The second kappa shape index (κ2) is 12.2. The van der Waals surface area contributed by atoms with Crippen LogP contribution < -0.4 is 14.8 Å². The summed E-state index contributed by atoms with van der Waals surface area (Å²) in [5.41, 5.74) is 2.58. The molecule has 4 rings (SSSR count). The van der Waals surface area contributed by atoms with Gasteiger partial charge < -0.3 is 14.8 Å². The summed E-state index contributed by atoms with van der Waals surface area (Å²) < 4.78 is 40.4. The van der Waals surface area contributed by atoms with Crippen molar-refractivity contribution in [2.45, 2.75) is 50.1 Å². The lowest BCUT2D eigenvalue weighted by molar-refractivity contribution is -0.124. The van der Waals surface area contributed by atoms with Crippen molar-refractivity contribution in [3.8, 4) is 11.5 Å². The van der Waals surface area contributed by atoms with Gasteiger partial charge in [0.1, 0.15) is 6.04 Å². The quantitative estimate of drug-likeness (QED) is 0.433. The summed E-state index contributed by atoms with van der Waals surface area (Å²) in [4.78, 5) is 17.4. The van der Waals surface area contributed by atoms with Gasteiger partial charge in [-0.25, -0.2) is 8.42 Å². The van der Waals surface area contributed by atoms with Crippen molar-refractivity contribution in [2.75, 3.05) is 20.3 Å². The number of amides is 1.